The second-order valence-corrected chi connectivity index (χ2v) is 6.41. The van der Waals surface area contributed by atoms with Gasteiger partial charge in [-0.3, -0.25) is 9.59 Å². The summed E-state index contributed by atoms with van der Waals surface area (Å²) in [6, 6.07) is 6.95. The van der Waals surface area contributed by atoms with Gasteiger partial charge in [-0.05, 0) is 36.7 Å². The van der Waals surface area contributed by atoms with Crippen molar-refractivity contribution < 1.29 is 9.59 Å². The van der Waals surface area contributed by atoms with Gasteiger partial charge in [-0.2, -0.15) is 0 Å². The summed E-state index contributed by atoms with van der Waals surface area (Å²) in [7, 11) is 0. The van der Waals surface area contributed by atoms with Crippen LogP contribution in [0.2, 0.25) is 0 Å². The Balaban J connectivity index is 1.94. The van der Waals surface area contributed by atoms with Gasteiger partial charge in [-0.25, -0.2) is 0 Å². The predicted octanol–water partition coefficient (Wildman–Crippen LogP) is 1.85. The fourth-order valence-electron chi connectivity index (χ4n) is 2.61. The largest absolute Gasteiger partial charge is 0.352 e. The Bertz CT molecular complexity index is 532. The molecule has 5 heteroatoms. The number of rotatable bonds is 5. The van der Waals surface area contributed by atoms with Crippen LogP contribution in [0.3, 0.4) is 0 Å². The van der Waals surface area contributed by atoms with Crippen LogP contribution in [0.5, 0.6) is 0 Å². The molecule has 0 spiro atoms. The van der Waals surface area contributed by atoms with Gasteiger partial charge in [-0.1, -0.05) is 20.8 Å². The van der Waals surface area contributed by atoms with Gasteiger partial charge in [-0.15, -0.1) is 0 Å². The lowest BCUT2D eigenvalue weighted by Gasteiger charge is -2.34. The summed E-state index contributed by atoms with van der Waals surface area (Å²) in [6.45, 7) is 11.3. The SMILES string of the molecule is CCN1CCN(C(=O)c2ccc(C(=O)NCC(C)C)cc2)CC1. The fraction of sp³-hybridized carbons (Fsp3) is 0.556. The monoisotopic (exact) mass is 317 g/mol. The molecule has 0 bridgehead atoms. The van der Waals surface area contributed by atoms with Gasteiger partial charge in [0.25, 0.3) is 11.8 Å². The molecule has 126 valence electrons. The number of benzene rings is 1. The van der Waals surface area contributed by atoms with E-state index in [0.717, 1.165) is 32.7 Å². The summed E-state index contributed by atoms with van der Waals surface area (Å²) in [6.07, 6.45) is 0. The average molecular weight is 317 g/mol. The van der Waals surface area contributed by atoms with Gasteiger partial charge in [0.05, 0.1) is 0 Å². The molecule has 1 saturated heterocycles. The maximum atomic E-state index is 12.5. The predicted molar refractivity (Wildman–Crippen MR) is 91.6 cm³/mol. The summed E-state index contributed by atoms with van der Waals surface area (Å²) in [5, 5.41) is 2.88. The molecule has 0 aliphatic carbocycles. The number of piperazine rings is 1. The van der Waals surface area contributed by atoms with E-state index in [9.17, 15) is 9.59 Å². The van der Waals surface area contributed by atoms with E-state index in [1.54, 1.807) is 24.3 Å². The van der Waals surface area contributed by atoms with Gasteiger partial charge in [0.2, 0.25) is 0 Å². The van der Waals surface area contributed by atoms with Crippen molar-refractivity contribution in [2.75, 3.05) is 39.3 Å². The molecule has 23 heavy (non-hydrogen) atoms. The van der Waals surface area contributed by atoms with E-state index >= 15 is 0 Å². The molecule has 1 N–H and O–H groups in total. The highest BCUT2D eigenvalue weighted by molar-refractivity contribution is 5.97. The number of amides is 2. The zero-order chi connectivity index (χ0) is 16.8. The molecule has 0 aromatic heterocycles. The first kappa shape index (κ1) is 17.5. The number of likely N-dealkylation sites (N-methyl/N-ethyl adjacent to an activating group) is 1. The van der Waals surface area contributed by atoms with E-state index in [-0.39, 0.29) is 11.8 Å². The average Bonchev–Trinajstić information content (AvgIpc) is 2.59. The lowest BCUT2D eigenvalue weighted by atomic mass is 10.1. The number of carbonyl (C=O) groups is 2. The molecule has 0 unspecified atom stereocenters. The van der Waals surface area contributed by atoms with Crippen molar-refractivity contribution in [3.8, 4) is 0 Å². The van der Waals surface area contributed by atoms with E-state index in [2.05, 4.69) is 31.0 Å². The van der Waals surface area contributed by atoms with Crippen molar-refractivity contribution in [3.63, 3.8) is 0 Å². The third-order valence-electron chi connectivity index (χ3n) is 4.17. The van der Waals surface area contributed by atoms with Crippen LogP contribution in [-0.2, 0) is 0 Å². The fourth-order valence-corrected chi connectivity index (χ4v) is 2.61. The maximum absolute atomic E-state index is 12.5. The molecule has 1 aliphatic heterocycles. The Morgan fingerprint density at radius 1 is 1.04 bits per heavy atom. The zero-order valence-electron chi connectivity index (χ0n) is 14.3. The lowest BCUT2D eigenvalue weighted by Crippen LogP contribution is -2.48. The highest BCUT2D eigenvalue weighted by Crippen LogP contribution is 2.10. The number of hydrogen-bond acceptors (Lipinski definition) is 3. The minimum absolute atomic E-state index is 0.0508. The van der Waals surface area contributed by atoms with Crippen molar-refractivity contribution in [2.24, 2.45) is 5.92 Å². The van der Waals surface area contributed by atoms with Crippen LogP contribution < -0.4 is 5.32 Å². The molecule has 1 aliphatic rings. The first-order valence-corrected chi connectivity index (χ1v) is 8.41. The molecule has 1 fully saturated rings. The summed E-state index contributed by atoms with van der Waals surface area (Å²) in [4.78, 5) is 28.7. The number of carbonyl (C=O) groups excluding carboxylic acids is 2. The molecule has 0 saturated carbocycles. The summed E-state index contributed by atoms with van der Waals surface area (Å²) < 4.78 is 0. The normalized spacial score (nSPS) is 15.7. The van der Waals surface area contributed by atoms with E-state index < -0.39 is 0 Å². The van der Waals surface area contributed by atoms with E-state index in [1.807, 2.05) is 4.90 Å². The quantitative estimate of drug-likeness (QED) is 0.902. The van der Waals surface area contributed by atoms with Crippen LogP contribution >= 0.6 is 0 Å². The molecule has 1 heterocycles. The summed E-state index contributed by atoms with van der Waals surface area (Å²) in [5.74, 6) is 0.380. The molecular formula is C18H27N3O2. The minimum Gasteiger partial charge on any atom is -0.352 e. The number of hydrogen-bond donors (Lipinski definition) is 1. The Morgan fingerprint density at radius 2 is 1.61 bits per heavy atom. The Morgan fingerprint density at radius 3 is 2.13 bits per heavy atom. The molecular weight excluding hydrogens is 290 g/mol. The van der Waals surface area contributed by atoms with E-state index in [1.165, 1.54) is 0 Å². The Kier molecular flexibility index (Phi) is 6.16. The smallest absolute Gasteiger partial charge is 0.253 e. The topological polar surface area (TPSA) is 52.7 Å². The van der Waals surface area contributed by atoms with Crippen molar-refractivity contribution in [1.29, 1.82) is 0 Å². The van der Waals surface area contributed by atoms with Gasteiger partial charge in [0.15, 0.2) is 0 Å². The third kappa shape index (κ3) is 4.79. The Labute approximate surface area is 138 Å². The van der Waals surface area contributed by atoms with Crippen molar-refractivity contribution in [3.05, 3.63) is 35.4 Å². The highest BCUT2D eigenvalue weighted by Gasteiger charge is 2.21. The molecule has 5 nitrogen and oxygen atoms in total. The molecule has 2 rings (SSSR count). The lowest BCUT2D eigenvalue weighted by molar-refractivity contribution is 0.0643. The Hall–Kier alpha value is -1.88. The van der Waals surface area contributed by atoms with E-state index in [0.29, 0.717) is 23.6 Å². The van der Waals surface area contributed by atoms with Crippen LogP contribution in [0.15, 0.2) is 24.3 Å². The molecule has 1 aromatic rings. The molecule has 2 amide bonds. The number of nitrogens with one attached hydrogen (secondary N) is 1. The molecule has 1 aromatic carbocycles. The van der Waals surface area contributed by atoms with Crippen LogP contribution in [0, 0.1) is 5.92 Å². The highest BCUT2D eigenvalue weighted by atomic mass is 16.2. The van der Waals surface area contributed by atoms with Crippen molar-refractivity contribution in [2.45, 2.75) is 20.8 Å². The zero-order valence-corrected chi connectivity index (χ0v) is 14.3. The summed E-state index contributed by atoms with van der Waals surface area (Å²) >= 11 is 0. The van der Waals surface area contributed by atoms with E-state index in [4.69, 9.17) is 0 Å². The number of nitrogens with zero attached hydrogens (tertiary/aromatic N) is 2. The molecule has 0 radical (unpaired) electrons. The minimum atomic E-state index is -0.0886. The first-order valence-electron chi connectivity index (χ1n) is 8.41. The van der Waals surface area contributed by atoms with Gasteiger partial charge in [0, 0.05) is 43.9 Å². The van der Waals surface area contributed by atoms with Gasteiger partial charge < -0.3 is 15.1 Å². The first-order chi connectivity index (χ1) is 11.0. The van der Waals surface area contributed by atoms with Crippen LogP contribution in [0.4, 0.5) is 0 Å². The van der Waals surface area contributed by atoms with Gasteiger partial charge >= 0.3 is 0 Å². The third-order valence-corrected chi connectivity index (χ3v) is 4.17. The van der Waals surface area contributed by atoms with Crippen LogP contribution in [0.25, 0.3) is 0 Å². The van der Waals surface area contributed by atoms with Crippen molar-refractivity contribution >= 4 is 11.8 Å². The van der Waals surface area contributed by atoms with Crippen LogP contribution in [-0.4, -0.2) is 60.9 Å². The van der Waals surface area contributed by atoms with Crippen LogP contribution in [0.1, 0.15) is 41.5 Å². The second kappa shape index (κ2) is 8.11. The molecule has 0 atom stereocenters. The van der Waals surface area contributed by atoms with Gasteiger partial charge in [0.1, 0.15) is 0 Å². The summed E-state index contributed by atoms with van der Waals surface area (Å²) in [5.41, 5.74) is 1.24. The second-order valence-electron chi connectivity index (χ2n) is 6.41. The maximum Gasteiger partial charge on any atom is 0.253 e. The van der Waals surface area contributed by atoms with Crippen molar-refractivity contribution in [1.82, 2.24) is 15.1 Å². The standard InChI is InChI=1S/C18H27N3O2/c1-4-20-9-11-21(12-10-20)18(23)16-7-5-15(6-8-16)17(22)19-13-14(2)3/h5-8,14H,4,9-13H2,1-3H3,(H,19,22).